The number of amides is 1. The molecule has 1 amide bonds. The van der Waals surface area contributed by atoms with Crippen molar-refractivity contribution in [3.8, 4) is 5.75 Å². The second-order valence-electron chi connectivity index (χ2n) is 7.27. The lowest BCUT2D eigenvalue weighted by Gasteiger charge is -2.33. The first-order valence-electron chi connectivity index (χ1n) is 8.74. The fourth-order valence-corrected chi connectivity index (χ4v) is 3.69. The molecule has 0 aromatic heterocycles. The van der Waals surface area contributed by atoms with Crippen molar-refractivity contribution in [2.45, 2.75) is 26.2 Å². The lowest BCUT2D eigenvalue weighted by Crippen LogP contribution is -2.45. The number of carbonyl (C=O) groups excluding carboxylic acids is 1. The molecule has 2 saturated heterocycles. The Kier molecular flexibility index (Phi) is 4.99. The van der Waals surface area contributed by atoms with Crippen molar-refractivity contribution in [2.75, 3.05) is 32.9 Å². The highest BCUT2D eigenvalue weighted by Crippen LogP contribution is 2.42. The lowest BCUT2D eigenvalue weighted by molar-refractivity contribution is -0.157. The molecule has 136 valence electrons. The van der Waals surface area contributed by atoms with Crippen LogP contribution in [-0.4, -0.2) is 54.8 Å². The van der Waals surface area contributed by atoms with Gasteiger partial charge in [-0.2, -0.15) is 0 Å². The average Bonchev–Trinajstić information content (AvgIpc) is 3.01. The molecule has 3 rings (SSSR count). The largest absolute Gasteiger partial charge is 0.484 e. The summed E-state index contributed by atoms with van der Waals surface area (Å²) in [5, 5.41) is 9.66. The summed E-state index contributed by atoms with van der Waals surface area (Å²) in [6.45, 7) is 5.61. The van der Waals surface area contributed by atoms with Crippen LogP contribution in [0.4, 0.5) is 0 Å². The number of carbonyl (C=O) groups is 2. The maximum Gasteiger partial charge on any atom is 0.311 e. The standard InChI is InChI=1S/C19H25NO5/c1-13(2)14-4-3-5-16(8-14)25-11-17(21)20-9-15-10-24-7-6-19(15,12-20)18(22)23/h3-5,8,13,15H,6-7,9-12H2,1-2H3,(H,22,23)/t15-,19+/m0/s1. The summed E-state index contributed by atoms with van der Waals surface area (Å²) in [4.78, 5) is 25.9. The predicted octanol–water partition coefficient (Wildman–Crippen LogP) is 2.14. The van der Waals surface area contributed by atoms with Crippen LogP contribution in [0.3, 0.4) is 0 Å². The van der Waals surface area contributed by atoms with E-state index in [1.54, 1.807) is 4.90 Å². The highest BCUT2D eigenvalue weighted by Gasteiger charge is 2.54. The highest BCUT2D eigenvalue weighted by atomic mass is 16.5. The monoisotopic (exact) mass is 347 g/mol. The van der Waals surface area contributed by atoms with Crippen molar-refractivity contribution in [1.29, 1.82) is 0 Å². The Labute approximate surface area is 147 Å². The number of benzene rings is 1. The van der Waals surface area contributed by atoms with Gasteiger partial charge in [-0.3, -0.25) is 9.59 Å². The van der Waals surface area contributed by atoms with Gasteiger partial charge in [0, 0.05) is 25.6 Å². The zero-order chi connectivity index (χ0) is 18.0. The number of aliphatic carboxylic acids is 1. The van der Waals surface area contributed by atoms with Crippen molar-refractivity contribution in [2.24, 2.45) is 11.3 Å². The van der Waals surface area contributed by atoms with Crippen LogP contribution in [0.25, 0.3) is 0 Å². The van der Waals surface area contributed by atoms with E-state index in [0.717, 1.165) is 5.56 Å². The van der Waals surface area contributed by atoms with Crippen molar-refractivity contribution < 1.29 is 24.2 Å². The Morgan fingerprint density at radius 3 is 2.92 bits per heavy atom. The number of likely N-dealkylation sites (tertiary alicyclic amines) is 1. The van der Waals surface area contributed by atoms with Gasteiger partial charge >= 0.3 is 5.97 Å². The van der Waals surface area contributed by atoms with E-state index in [-0.39, 0.29) is 25.0 Å². The average molecular weight is 347 g/mol. The molecule has 2 fully saturated rings. The Morgan fingerprint density at radius 1 is 1.44 bits per heavy atom. The minimum absolute atomic E-state index is 0.0785. The maximum atomic E-state index is 12.5. The molecule has 0 spiro atoms. The van der Waals surface area contributed by atoms with E-state index >= 15 is 0 Å². The van der Waals surface area contributed by atoms with Crippen LogP contribution in [-0.2, 0) is 14.3 Å². The van der Waals surface area contributed by atoms with Gasteiger partial charge in [0.1, 0.15) is 5.75 Å². The fourth-order valence-electron chi connectivity index (χ4n) is 3.69. The molecule has 0 bridgehead atoms. The summed E-state index contributed by atoms with van der Waals surface area (Å²) in [7, 11) is 0. The summed E-state index contributed by atoms with van der Waals surface area (Å²) in [6.07, 6.45) is 0.452. The minimum Gasteiger partial charge on any atom is -0.484 e. The number of hydrogen-bond donors (Lipinski definition) is 1. The Balaban J connectivity index is 1.62. The molecule has 2 atom stereocenters. The summed E-state index contributed by atoms with van der Waals surface area (Å²) in [5.74, 6) is -0.109. The number of ether oxygens (including phenoxy) is 2. The molecule has 1 aromatic rings. The van der Waals surface area contributed by atoms with E-state index in [4.69, 9.17) is 9.47 Å². The Hall–Kier alpha value is -2.08. The third-order valence-corrected chi connectivity index (χ3v) is 5.37. The van der Waals surface area contributed by atoms with E-state index in [0.29, 0.717) is 37.8 Å². The van der Waals surface area contributed by atoms with Crippen LogP contribution in [0.5, 0.6) is 5.75 Å². The smallest absolute Gasteiger partial charge is 0.311 e. The molecule has 1 aromatic carbocycles. The first-order valence-corrected chi connectivity index (χ1v) is 8.74. The van der Waals surface area contributed by atoms with Gasteiger partial charge in [-0.15, -0.1) is 0 Å². The molecule has 0 radical (unpaired) electrons. The van der Waals surface area contributed by atoms with Crippen LogP contribution in [0.2, 0.25) is 0 Å². The SMILES string of the molecule is CC(C)c1cccc(OCC(=O)N2C[C@H]3COCC[C@@]3(C(=O)O)C2)c1. The van der Waals surface area contributed by atoms with Crippen LogP contribution in [0.1, 0.15) is 31.7 Å². The number of hydrogen-bond acceptors (Lipinski definition) is 4. The molecule has 6 nitrogen and oxygen atoms in total. The van der Waals surface area contributed by atoms with Crippen molar-refractivity contribution in [3.05, 3.63) is 29.8 Å². The van der Waals surface area contributed by atoms with Gasteiger partial charge in [0.15, 0.2) is 6.61 Å². The number of carboxylic acids is 1. The first-order chi connectivity index (χ1) is 11.9. The van der Waals surface area contributed by atoms with E-state index in [2.05, 4.69) is 13.8 Å². The van der Waals surface area contributed by atoms with E-state index in [1.807, 2.05) is 24.3 Å². The van der Waals surface area contributed by atoms with Crippen LogP contribution in [0.15, 0.2) is 24.3 Å². The van der Waals surface area contributed by atoms with Gasteiger partial charge < -0.3 is 19.5 Å². The number of nitrogens with zero attached hydrogens (tertiary/aromatic N) is 1. The van der Waals surface area contributed by atoms with E-state index < -0.39 is 11.4 Å². The molecule has 0 saturated carbocycles. The van der Waals surface area contributed by atoms with Crippen LogP contribution < -0.4 is 4.74 Å². The maximum absolute atomic E-state index is 12.5. The number of rotatable bonds is 5. The summed E-state index contributed by atoms with van der Waals surface area (Å²) in [5.41, 5.74) is 0.282. The molecular formula is C19H25NO5. The lowest BCUT2D eigenvalue weighted by atomic mass is 9.74. The molecule has 25 heavy (non-hydrogen) atoms. The van der Waals surface area contributed by atoms with E-state index in [1.165, 1.54) is 0 Å². The second kappa shape index (κ2) is 7.04. The topological polar surface area (TPSA) is 76.1 Å². The van der Waals surface area contributed by atoms with Crippen molar-refractivity contribution in [3.63, 3.8) is 0 Å². The van der Waals surface area contributed by atoms with Crippen LogP contribution >= 0.6 is 0 Å². The highest BCUT2D eigenvalue weighted by molar-refractivity contribution is 5.82. The Morgan fingerprint density at radius 2 is 2.24 bits per heavy atom. The Bertz CT molecular complexity index is 659. The van der Waals surface area contributed by atoms with Gasteiger partial charge in [0.2, 0.25) is 0 Å². The summed E-state index contributed by atoms with van der Waals surface area (Å²) in [6, 6.07) is 7.71. The van der Waals surface area contributed by atoms with E-state index in [9.17, 15) is 14.7 Å². The molecule has 0 unspecified atom stereocenters. The zero-order valence-electron chi connectivity index (χ0n) is 14.7. The molecule has 0 aliphatic carbocycles. The molecule has 6 heteroatoms. The summed E-state index contributed by atoms with van der Waals surface area (Å²) >= 11 is 0. The number of fused-ring (bicyclic) bond motifs is 1. The quantitative estimate of drug-likeness (QED) is 0.883. The first kappa shape index (κ1) is 17.7. The molecule has 1 N–H and O–H groups in total. The van der Waals surface area contributed by atoms with Gasteiger partial charge in [-0.05, 0) is 30.0 Å². The molecule has 2 aliphatic rings. The van der Waals surface area contributed by atoms with Crippen molar-refractivity contribution in [1.82, 2.24) is 4.90 Å². The minimum atomic E-state index is -0.870. The van der Waals surface area contributed by atoms with Crippen molar-refractivity contribution >= 4 is 11.9 Å². The second-order valence-corrected chi connectivity index (χ2v) is 7.27. The number of carboxylic acid groups (broad SMARTS) is 1. The van der Waals surface area contributed by atoms with Gasteiger partial charge in [0.05, 0.1) is 12.0 Å². The predicted molar refractivity (Wildman–Crippen MR) is 91.6 cm³/mol. The third-order valence-electron chi connectivity index (χ3n) is 5.37. The molecule has 2 aliphatic heterocycles. The van der Waals surface area contributed by atoms with Crippen LogP contribution in [0, 0.1) is 11.3 Å². The van der Waals surface area contributed by atoms with Gasteiger partial charge in [-0.25, -0.2) is 0 Å². The zero-order valence-corrected chi connectivity index (χ0v) is 14.7. The molecule has 2 heterocycles. The molecular weight excluding hydrogens is 322 g/mol. The normalized spacial score (nSPS) is 25.7. The third kappa shape index (κ3) is 3.49. The van der Waals surface area contributed by atoms with Gasteiger partial charge in [-0.1, -0.05) is 26.0 Å². The summed E-state index contributed by atoms with van der Waals surface area (Å²) < 4.78 is 11.1. The fraction of sp³-hybridized carbons (Fsp3) is 0.579. The van der Waals surface area contributed by atoms with Gasteiger partial charge in [0.25, 0.3) is 5.91 Å².